The molecule has 0 spiro atoms. The summed E-state index contributed by atoms with van der Waals surface area (Å²) in [5, 5.41) is 17.0. The SMILES string of the molecule is CCNC(=NCC1CCCS1)NCCCN1CCC(O)CC1. The van der Waals surface area contributed by atoms with E-state index in [1.807, 2.05) is 0 Å². The van der Waals surface area contributed by atoms with E-state index in [-0.39, 0.29) is 6.10 Å². The lowest BCUT2D eigenvalue weighted by molar-refractivity contribution is 0.0823. The third kappa shape index (κ3) is 6.75. The minimum atomic E-state index is -0.0738. The summed E-state index contributed by atoms with van der Waals surface area (Å²) >= 11 is 2.06. The van der Waals surface area contributed by atoms with Gasteiger partial charge in [0.2, 0.25) is 0 Å². The zero-order valence-corrected chi connectivity index (χ0v) is 14.7. The van der Waals surface area contributed by atoms with Crippen molar-refractivity contribution in [2.75, 3.05) is 45.0 Å². The summed E-state index contributed by atoms with van der Waals surface area (Å²) in [5.74, 6) is 2.26. The second kappa shape index (κ2) is 10.3. The molecule has 0 radical (unpaired) electrons. The Balaban J connectivity index is 1.60. The molecule has 0 saturated carbocycles. The molecule has 6 heteroatoms. The average molecular weight is 329 g/mol. The van der Waals surface area contributed by atoms with Gasteiger partial charge < -0.3 is 20.6 Å². The van der Waals surface area contributed by atoms with Gasteiger partial charge >= 0.3 is 0 Å². The zero-order chi connectivity index (χ0) is 15.6. The van der Waals surface area contributed by atoms with Gasteiger partial charge in [-0.05, 0) is 51.3 Å². The van der Waals surface area contributed by atoms with Gasteiger partial charge in [0.05, 0.1) is 12.6 Å². The van der Waals surface area contributed by atoms with Crippen LogP contribution >= 0.6 is 11.8 Å². The monoisotopic (exact) mass is 328 g/mol. The van der Waals surface area contributed by atoms with Crippen molar-refractivity contribution in [3.8, 4) is 0 Å². The second-order valence-corrected chi connectivity index (χ2v) is 7.62. The molecule has 2 saturated heterocycles. The number of aliphatic hydroxyl groups excluding tert-OH is 1. The lowest BCUT2D eigenvalue weighted by Gasteiger charge is -2.29. The standard InChI is InChI=1S/C16H32N4OS/c1-2-17-16(19-13-15-5-3-12-22-15)18-8-4-9-20-10-6-14(21)7-11-20/h14-15,21H,2-13H2,1H3,(H2,17,18,19). The molecular formula is C16H32N4OS. The molecule has 0 aromatic rings. The molecule has 2 fully saturated rings. The summed E-state index contributed by atoms with van der Waals surface area (Å²) in [6.45, 7) is 8.10. The highest BCUT2D eigenvalue weighted by atomic mass is 32.2. The van der Waals surface area contributed by atoms with Crippen LogP contribution in [0.3, 0.4) is 0 Å². The number of aliphatic imine (C=N–C) groups is 1. The Labute approximate surface area is 139 Å². The minimum absolute atomic E-state index is 0.0738. The largest absolute Gasteiger partial charge is 0.393 e. The Morgan fingerprint density at radius 1 is 1.27 bits per heavy atom. The van der Waals surface area contributed by atoms with Gasteiger partial charge in [-0.25, -0.2) is 0 Å². The molecule has 2 aliphatic rings. The molecule has 2 rings (SSSR count). The van der Waals surface area contributed by atoms with E-state index in [0.29, 0.717) is 0 Å². The number of nitrogens with one attached hydrogen (secondary N) is 2. The molecule has 5 nitrogen and oxygen atoms in total. The van der Waals surface area contributed by atoms with Gasteiger partial charge in [0.1, 0.15) is 0 Å². The summed E-state index contributed by atoms with van der Waals surface area (Å²) in [5.41, 5.74) is 0. The molecule has 2 aliphatic heterocycles. The third-order valence-electron chi connectivity index (χ3n) is 4.32. The zero-order valence-electron chi connectivity index (χ0n) is 13.9. The summed E-state index contributed by atoms with van der Waals surface area (Å²) < 4.78 is 0. The first-order valence-electron chi connectivity index (χ1n) is 8.82. The lowest BCUT2D eigenvalue weighted by Crippen LogP contribution is -2.40. The van der Waals surface area contributed by atoms with E-state index in [1.54, 1.807) is 0 Å². The molecule has 128 valence electrons. The third-order valence-corrected chi connectivity index (χ3v) is 5.70. The van der Waals surface area contributed by atoms with E-state index in [4.69, 9.17) is 4.99 Å². The summed E-state index contributed by atoms with van der Waals surface area (Å²) in [6.07, 6.45) is 5.56. The average Bonchev–Trinajstić information content (AvgIpc) is 3.04. The van der Waals surface area contributed by atoms with Gasteiger partial charge in [0, 0.05) is 31.4 Å². The first-order chi connectivity index (χ1) is 10.8. The number of guanidine groups is 1. The molecule has 0 aromatic heterocycles. The van der Waals surface area contributed by atoms with Crippen LogP contribution in [0.15, 0.2) is 4.99 Å². The van der Waals surface area contributed by atoms with Gasteiger partial charge in [-0.2, -0.15) is 11.8 Å². The molecule has 0 aliphatic carbocycles. The van der Waals surface area contributed by atoms with Gasteiger partial charge in [-0.1, -0.05) is 0 Å². The maximum absolute atomic E-state index is 9.51. The number of nitrogens with zero attached hydrogens (tertiary/aromatic N) is 2. The summed E-state index contributed by atoms with van der Waals surface area (Å²) in [6, 6.07) is 0. The van der Waals surface area contributed by atoms with E-state index in [2.05, 4.69) is 34.2 Å². The van der Waals surface area contributed by atoms with Crippen LogP contribution in [0.25, 0.3) is 0 Å². The minimum Gasteiger partial charge on any atom is -0.393 e. The Morgan fingerprint density at radius 2 is 2.09 bits per heavy atom. The van der Waals surface area contributed by atoms with Crippen LogP contribution in [0.4, 0.5) is 0 Å². The summed E-state index contributed by atoms with van der Waals surface area (Å²) in [4.78, 5) is 7.17. The van der Waals surface area contributed by atoms with Gasteiger partial charge in [0.25, 0.3) is 0 Å². The smallest absolute Gasteiger partial charge is 0.191 e. The van der Waals surface area contributed by atoms with Crippen LogP contribution in [0, 0.1) is 0 Å². The molecule has 2 heterocycles. The van der Waals surface area contributed by atoms with Crippen LogP contribution in [-0.4, -0.2) is 72.3 Å². The number of thioether (sulfide) groups is 1. The molecule has 0 aromatic carbocycles. The van der Waals surface area contributed by atoms with Crippen molar-refractivity contribution in [3.63, 3.8) is 0 Å². The van der Waals surface area contributed by atoms with Crippen LogP contribution in [0.1, 0.15) is 39.0 Å². The van der Waals surface area contributed by atoms with Gasteiger partial charge in [0.15, 0.2) is 5.96 Å². The predicted molar refractivity (Wildman–Crippen MR) is 95.8 cm³/mol. The molecule has 22 heavy (non-hydrogen) atoms. The molecule has 1 atom stereocenters. The van der Waals surface area contributed by atoms with Gasteiger partial charge in [-0.15, -0.1) is 0 Å². The van der Waals surface area contributed by atoms with Crippen LogP contribution in [0.2, 0.25) is 0 Å². The fourth-order valence-electron chi connectivity index (χ4n) is 2.98. The van der Waals surface area contributed by atoms with Crippen molar-refractivity contribution < 1.29 is 5.11 Å². The van der Waals surface area contributed by atoms with Crippen molar-refractivity contribution in [1.82, 2.24) is 15.5 Å². The van der Waals surface area contributed by atoms with Crippen LogP contribution < -0.4 is 10.6 Å². The molecular weight excluding hydrogens is 296 g/mol. The van der Waals surface area contributed by atoms with Crippen molar-refractivity contribution >= 4 is 17.7 Å². The fraction of sp³-hybridized carbons (Fsp3) is 0.938. The number of likely N-dealkylation sites (tertiary alicyclic amines) is 1. The van der Waals surface area contributed by atoms with E-state index in [9.17, 15) is 5.11 Å². The molecule has 0 amide bonds. The maximum atomic E-state index is 9.51. The normalized spacial score (nSPS) is 24.6. The van der Waals surface area contributed by atoms with Crippen molar-refractivity contribution in [1.29, 1.82) is 0 Å². The van der Waals surface area contributed by atoms with E-state index in [1.165, 1.54) is 18.6 Å². The first kappa shape index (κ1) is 17.9. The molecule has 1 unspecified atom stereocenters. The lowest BCUT2D eigenvalue weighted by atomic mass is 10.1. The quantitative estimate of drug-likeness (QED) is 0.373. The number of rotatable bonds is 7. The maximum Gasteiger partial charge on any atom is 0.191 e. The predicted octanol–water partition coefficient (Wildman–Crippen LogP) is 1.28. The highest BCUT2D eigenvalue weighted by Crippen LogP contribution is 2.25. The van der Waals surface area contributed by atoms with E-state index < -0.39 is 0 Å². The number of hydrogen-bond acceptors (Lipinski definition) is 4. The number of aliphatic hydroxyl groups is 1. The number of piperidine rings is 1. The topological polar surface area (TPSA) is 59.9 Å². The Kier molecular flexibility index (Phi) is 8.41. The second-order valence-electron chi connectivity index (χ2n) is 6.21. The van der Waals surface area contributed by atoms with Crippen molar-refractivity contribution in [2.24, 2.45) is 4.99 Å². The van der Waals surface area contributed by atoms with E-state index in [0.717, 1.165) is 69.7 Å². The first-order valence-corrected chi connectivity index (χ1v) is 9.87. The Bertz CT molecular complexity index is 326. The van der Waals surface area contributed by atoms with Crippen LogP contribution in [-0.2, 0) is 0 Å². The van der Waals surface area contributed by atoms with E-state index >= 15 is 0 Å². The number of hydrogen-bond donors (Lipinski definition) is 3. The Morgan fingerprint density at radius 3 is 2.77 bits per heavy atom. The highest BCUT2D eigenvalue weighted by Gasteiger charge is 2.16. The Hall–Kier alpha value is -0.460. The fourth-order valence-corrected chi connectivity index (χ4v) is 4.16. The highest BCUT2D eigenvalue weighted by molar-refractivity contribution is 8.00. The molecule has 3 N–H and O–H groups in total. The molecule has 0 bridgehead atoms. The van der Waals surface area contributed by atoms with Gasteiger partial charge in [-0.3, -0.25) is 4.99 Å². The van der Waals surface area contributed by atoms with Crippen LogP contribution in [0.5, 0.6) is 0 Å². The van der Waals surface area contributed by atoms with Crippen molar-refractivity contribution in [3.05, 3.63) is 0 Å². The van der Waals surface area contributed by atoms with Crippen molar-refractivity contribution in [2.45, 2.75) is 50.4 Å². The summed E-state index contributed by atoms with van der Waals surface area (Å²) in [7, 11) is 0.